The molecule has 0 spiro atoms. The fraction of sp³-hybridized carbons (Fsp3) is 0.450. The lowest BCUT2D eigenvalue weighted by atomic mass is 9.97. The number of thioether (sulfide) groups is 1. The number of benzene rings is 1. The van der Waals surface area contributed by atoms with Crippen molar-refractivity contribution in [1.29, 1.82) is 0 Å². The Kier molecular flexibility index (Phi) is 7.36. The Hall–Kier alpha value is -2.48. The second kappa shape index (κ2) is 10.2. The first-order chi connectivity index (χ1) is 13.7. The van der Waals surface area contributed by atoms with Crippen LogP contribution in [0.1, 0.15) is 12.8 Å². The summed E-state index contributed by atoms with van der Waals surface area (Å²) in [5.41, 5.74) is 0.847. The van der Waals surface area contributed by atoms with Gasteiger partial charge in [0.1, 0.15) is 11.6 Å². The molecule has 3 rings (SSSR count). The van der Waals surface area contributed by atoms with Crippen molar-refractivity contribution in [3.63, 3.8) is 0 Å². The first-order valence-electron chi connectivity index (χ1n) is 9.46. The molecule has 1 aromatic carbocycles. The molecule has 1 fully saturated rings. The standard InChI is InChI=1S/C20H27N5O2S/c1-27-17-8-4-3-7-16(17)23-18-9-10-22-20(24-18)25-12-5-6-15(14-25)19(26)21-11-13-28-2/h3-4,7-10,15H,5-6,11-14H2,1-2H3,(H,21,26)(H,22,23,24). The Bertz CT molecular complexity index is 789. The highest BCUT2D eigenvalue weighted by atomic mass is 32.2. The van der Waals surface area contributed by atoms with Crippen molar-refractivity contribution >= 4 is 35.1 Å². The van der Waals surface area contributed by atoms with Crippen LogP contribution in [-0.4, -0.2) is 54.6 Å². The Morgan fingerprint density at radius 3 is 3.04 bits per heavy atom. The molecule has 28 heavy (non-hydrogen) atoms. The Balaban J connectivity index is 1.66. The van der Waals surface area contributed by atoms with Crippen molar-refractivity contribution in [2.45, 2.75) is 12.8 Å². The number of amides is 1. The number of piperidine rings is 1. The highest BCUT2D eigenvalue weighted by molar-refractivity contribution is 7.98. The van der Waals surface area contributed by atoms with Crippen molar-refractivity contribution in [1.82, 2.24) is 15.3 Å². The summed E-state index contributed by atoms with van der Waals surface area (Å²) >= 11 is 1.73. The third-order valence-corrected chi connectivity index (χ3v) is 5.31. The average molecular weight is 402 g/mol. The molecule has 0 radical (unpaired) electrons. The molecule has 0 aliphatic carbocycles. The fourth-order valence-electron chi connectivity index (χ4n) is 3.25. The Morgan fingerprint density at radius 1 is 1.36 bits per heavy atom. The highest BCUT2D eigenvalue weighted by Crippen LogP contribution is 2.27. The number of anilines is 3. The number of methoxy groups -OCH3 is 1. The summed E-state index contributed by atoms with van der Waals surface area (Å²) < 4.78 is 5.38. The summed E-state index contributed by atoms with van der Waals surface area (Å²) in [6, 6.07) is 9.53. The van der Waals surface area contributed by atoms with E-state index in [9.17, 15) is 4.79 Å². The predicted octanol–water partition coefficient (Wildman–Crippen LogP) is 2.92. The summed E-state index contributed by atoms with van der Waals surface area (Å²) in [7, 11) is 1.64. The van der Waals surface area contributed by atoms with Crippen molar-refractivity contribution in [3.05, 3.63) is 36.5 Å². The lowest BCUT2D eigenvalue weighted by molar-refractivity contribution is -0.125. The van der Waals surface area contributed by atoms with Crippen LogP contribution in [0.15, 0.2) is 36.5 Å². The van der Waals surface area contributed by atoms with Gasteiger partial charge in [0.2, 0.25) is 11.9 Å². The van der Waals surface area contributed by atoms with Crippen LogP contribution in [0.4, 0.5) is 17.5 Å². The minimum absolute atomic E-state index is 0.0231. The lowest BCUT2D eigenvalue weighted by Crippen LogP contribution is -2.44. The number of nitrogens with one attached hydrogen (secondary N) is 2. The van der Waals surface area contributed by atoms with E-state index >= 15 is 0 Å². The topological polar surface area (TPSA) is 79.4 Å². The van der Waals surface area contributed by atoms with E-state index in [4.69, 9.17) is 4.74 Å². The maximum Gasteiger partial charge on any atom is 0.227 e. The average Bonchev–Trinajstić information content (AvgIpc) is 2.74. The number of rotatable bonds is 8. The van der Waals surface area contributed by atoms with E-state index in [0.29, 0.717) is 24.9 Å². The Labute approximate surface area is 170 Å². The third kappa shape index (κ3) is 5.28. The highest BCUT2D eigenvalue weighted by Gasteiger charge is 2.27. The molecule has 1 atom stereocenters. The van der Waals surface area contributed by atoms with E-state index < -0.39 is 0 Å². The van der Waals surface area contributed by atoms with Crippen LogP contribution in [0.25, 0.3) is 0 Å². The van der Waals surface area contributed by atoms with Crippen molar-refractivity contribution in [2.75, 3.05) is 49.0 Å². The maximum absolute atomic E-state index is 12.4. The molecular weight excluding hydrogens is 374 g/mol. The quantitative estimate of drug-likeness (QED) is 0.659. The molecule has 2 N–H and O–H groups in total. The SMILES string of the molecule is COc1ccccc1Nc1ccnc(N2CCCC(C(=O)NCCSC)C2)n1. The molecule has 7 nitrogen and oxygen atoms in total. The van der Waals surface area contributed by atoms with E-state index in [1.807, 2.05) is 36.6 Å². The molecule has 0 saturated carbocycles. The fourth-order valence-corrected chi connectivity index (χ4v) is 3.56. The van der Waals surface area contributed by atoms with Gasteiger partial charge in [-0.25, -0.2) is 4.98 Å². The molecule has 1 aromatic heterocycles. The second-order valence-corrected chi connectivity index (χ2v) is 7.62. The molecule has 2 aromatic rings. The van der Waals surface area contributed by atoms with E-state index in [0.717, 1.165) is 36.6 Å². The summed E-state index contributed by atoms with van der Waals surface area (Å²) in [6.45, 7) is 2.21. The monoisotopic (exact) mass is 401 g/mol. The van der Waals surface area contributed by atoms with Gasteiger partial charge in [-0.15, -0.1) is 0 Å². The van der Waals surface area contributed by atoms with Gasteiger partial charge >= 0.3 is 0 Å². The van der Waals surface area contributed by atoms with Gasteiger partial charge in [0.25, 0.3) is 0 Å². The zero-order valence-electron chi connectivity index (χ0n) is 16.4. The summed E-state index contributed by atoms with van der Waals surface area (Å²) in [6.07, 6.45) is 5.63. The molecule has 2 heterocycles. The van der Waals surface area contributed by atoms with Crippen molar-refractivity contribution in [3.8, 4) is 5.75 Å². The number of para-hydroxylation sites is 2. The van der Waals surface area contributed by atoms with E-state index in [1.165, 1.54) is 0 Å². The molecular formula is C20H27N5O2S. The van der Waals surface area contributed by atoms with Crippen molar-refractivity contribution in [2.24, 2.45) is 5.92 Å². The minimum Gasteiger partial charge on any atom is -0.495 e. The van der Waals surface area contributed by atoms with Crippen LogP contribution in [0, 0.1) is 5.92 Å². The van der Waals surface area contributed by atoms with Crippen LogP contribution < -0.4 is 20.3 Å². The molecule has 0 bridgehead atoms. The van der Waals surface area contributed by atoms with Crippen LogP contribution in [0.2, 0.25) is 0 Å². The molecule has 1 aliphatic heterocycles. The number of aromatic nitrogens is 2. The summed E-state index contributed by atoms with van der Waals surface area (Å²) in [5.74, 6) is 3.12. The number of ether oxygens (including phenoxy) is 1. The van der Waals surface area contributed by atoms with Gasteiger partial charge in [-0.3, -0.25) is 4.79 Å². The van der Waals surface area contributed by atoms with E-state index in [-0.39, 0.29) is 11.8 Å². The summed E-state index contributed by atoms with van der Waals surface area (Å²) in [5, 5.41) is 6.32. The molecule has 1 aliphatic rings. The van der Waals surface area contributed by atoms with Gasteiger partial charge < -0.3 is 20.3 Å². The number of carbonyl (C=O) groups is 1. The van der Waals surface area contributed by atoms with Crippen LogP contribution >= 0.6 is 11.8 Å². The van der Waals surface area contributed by atoms with Crippen molar-refractivity contribution < 1.29 is 9.53 Å². The van der Waals surface area contributed by atoms with Gasteiger partial charge in [-0.05, 0) is 37.3 Å². The van der Waals surface area contributed by atoms with Crippen LogP contribution in [-0.2, 0) is 4.79 Å². The Morgan fingerprint density at radius 2 is 2.21 bits per heavy atom. The molecule has 150 valence electrons. The van der Waals surface area contributed by atoms with Gasteiger partial charge in [0.05, 0.1) is 18.7 Å². The third-order valence-electron chi connectivity index (χ3n) is 4.69. The largest absolute Gasteiger partial charge is 0.495 e. The predicted molar refractivity (Wildman–Crippen MR) is 115 cm³/mol. The maximum atomic E-state index is 12.4. The smallest absolute Gasteiger partial charge is 0.227 e. The second-order valence-electron chi connectivity index (χ2n) is 6.64. The number of nitrogens with zero attached hydrogens (tertiary/aromatic N) is 3. The lowest BCUT2D eigenvalue weighted by Gasteiger charge is -2.32. The van der Waals surface area contributed by atoms with E-state index in [1.54, 1.807) is 25.1 Å². The number of carbonyl (C=O) groups excluding carboxylic acids is 1. The summed E-state index contributed by atoms with van der Waals surface area (Å²) in [4.78, 5) is 23.6. The molecule has 1 unspecified atom stereocenters. The number of hydrogen-bond acceptors (Lipinski definition) is 7. The molecule has 8 heteroatoms. The van der Waals surface area contributed by atoms with Crippen LogP contribution in [0.5, 0.6) is 5.75 Å². The number of hydrogen-bond donors (Lipinski definition) is 2. The van der Waals surface area contributed by atoms with Gasteiger partial charge in [-0.2, -0.15) is 16.7 Å². The first-order valence-corrected chi connectivity index (χ1v) is 10.9. The van der Waals surface area contributed by atoms with Gasteiger partial charge in [-0.1, -0.05) is 12.1 Å². The zero-order valence-corrected chi connectivity index (χ0v) is 17.2. The first kappa shape index (κ1) is 20.3. The van der Waals surface area contributed by atoms with Gasteiger partial charge in [0, 0.05) is 31.6 Å². The minimum atomic E-state index is -0.0231. The molecule has 1 saturated heterocycles. The zero-order chi connectivity index (χ0) is 19.8. The van der Waals surface area contributed by atoms with Gasteiger partial charge in [0.15, 0.2) is 0 Å². The molecule has 1 amide bonds. The van der Waals surface area contributed by atoms with Crippen LogP contribution in [0.3, 0.4) is 0 Å². The van der Waals surface area contributed by atoms with E-state index in [2.05, 4.69) is 25.5 Å². The normalized spacial score (nSPS) is 16.5.